The molecular formula is C22H25N5O2S. The monoisotopic (exact) mass is 423 g/mol. The Bertz CT molecular complexity index is 1070. The van der Waals surface area contributed by atoms with Gasteiger partial charge < -0.3 is 15.6 Å². The number of hydrogen-bond donors (Lipinski definition) is 2. The molecule has 1 aromatic heterocycles. The van der Waals surface area contributed by atoms with E-state index < -0.39 is 0 Å². The second-order valence-electron chi connectivity index (χ2n) is 7.61. The smallest absolute Gasteiger partial charge is 0.230 e. The van der Waals surface area contributed by atoms with Crippen LogP contribution in [0.2, 0.25) is 0 Å². The average molecular weight is 424 g/mol. The molecule has 156 valence electrons. The summed E-state index contributed by atoms with van der Waals surface area (Å²) in [7, 11) is 0. The van der Waals surface area contributed by atoms with Crippen molar-refractivity contribution in [3.05, 3.63) is 53.9 Å². The summed E-state index contributed by atoms with van der Waals surface area (Å²) >= 11 is 1.38. The van der Waals surface area contributed by atoms with E-state index in [0.29, 0.717) is 12.5 Å². The molecule has 3 N–H and O–H groups in total. The van der Waals surface area contributed by atoms with E-state index in [1.807, 2.05) is 25.1 Å². The molecule has 0 radical (unpaired) electrons. The van der Waals surface area contributed by atoms with Crippen molar-refractivity contribution in [3.63, 3.8) is 0 Å². The van der Waals surface area contributed by atoms with E-state index in [2.05, 4.69) is 44.3 Å². The third-order valence-electron chi connectivity index (χ3n) is 5.24. The molecule has 7 nitrogen and oxygen atoms in total. The Morgan fingerprint density at radius 2 is 1.97 bits per heavy atom. The van der Waals surface area contributed by atoms with Gasteiger partial charge in [0.15, 0.2) is 5.16 Å². The molecule has 8 heteroatoms. The topological polar surface area (TPSA) is 103 Å². The predicted octanol–water partition coefficient (Wildman–Crippen LogP) is 3.15. The van der Waals surface area contributed by atoms with Crippen LogP contribution in [-0.4, -0.2) is 32.3 Å². The highest BCUT2D eigenvalue weighted by molar-refractivity contribution is 7.99. The molecule has 1 fully saturated rings. The highest BCUT2D eigenvalue weighted by atomic mass is 32.2. The first-order valence-electron chi connectivity index (χ1n) is 10.1. The van der Waals surface area contributed by atoms with Gasteiger partial charge in [0, 0.05) is 18.9 Å². The number of nitrogens with zero attached hydrogens (tertiary/aromatic N) is 3. The van der Waals surface area contributed by atoms with Gasteiger partial charge in [0.2, 0.25) is 11.8 Å². The van der Waals surface area contributed by atoms with Gasteiger partial charge in [-0.05, 0) is 36.1 Å². The summed E-state index contributed by atoms with van der Waals surface area (Å²) in [6.45, 7) is 2.00. The molecule has 2 amide bonds. The van der Waals surface area contributed by atoms with Gasteiger partial charge in [0.1, 0.15) is 5.82 Å². The van der Waals surface area contributed by atoms with Crippen molar-refractivity contribution in [3.8, 4) is 0 Å². The second kappa shape index (κ2) is 8.87. The molecule has 30 heavy (non-hydrogen) atoms. The molecular weight excluding hydrogens is 398 g/mol. The van der Waals surface area contributed by atoms with Crippen molar-refractivity contribution in [2.45, 2.75) is 49.8 Å². The maximum absolute atomic E-state index is 12.6. The molecule has 0 saturated heterocycles. The second-order valence-corrected chi connectivity index (χ2v) is 8.56. The fourth-order valence-corrected chi connectivity index (χ4v) is 4.47. The van der Waals surface area contributed by atoms with Gasteiger partial charge in [0.25, 0.3) is 0 Å². The summed E-state index contributed by atoms with van der Waals surface area (Å²) in [5.74, 6) is 0.625. The summed E-state index contributed by atoms with van der Waals surface area (Å²) in [6, 6.07) is 14.6. The maximum Gasteiger partial charge on any atom is 0.230 e. The van der Waals surface area contributed by atoms with Crippen LogP contribution in [-0.2, 0) is 16.0 Å². The number of amides is 2. The lowest BCUT2D eigenvalue weighted by Gasteiger charge is -2.16. The largest absolute Gasteiger partial charge is 0.370 e. The zero-order valence-corrected chi connectivity index (χ0v) is 17.7. The van der Waals surface area contributed by atoms with Gasteiger partial charge in [-0.25, -0.2) is 0 Å². The van der Waals surface area contributed by atoms with Crippen LogP contribution in [0.5, 0.6) is 0 Å². The number of aryl methyl sites for hydroxylation is 1. The molecule has 3 aromatic rings. The van der Waals surface area contributed by atoms with E-state index in [1.54, 1.807) is 0 Å². The van der Waals surface area contributed by atoms with E-state index in [4.69, 9.17) is 5.73 Å². The first kappa shape index (κ1) is 20.4. The maximum atomic E-state index is 12.6. The zero-order valence-electron chi connectivity index (χ0n) is 16.9. The Labute approximate surface area is 179 Å². The fraction of sp³-hybridized carbons (Fsp3) is 0.364. The third kappa shape index (κ3) is 4.64. The highest BCUT2D eigenvalue weighted by Crippen LogP contribution is 2.39. The number of carbonyl (C=O) groups excluding carboxylic acids is 2. The van der Waals surface area contributed by atoms with E-state index >= 15 is 0 Å². The summed E-state index contributed by atoms with van der Waals surface area (Å²) in [5, 5.41) is 14.6. The average Bonchev–Trinajstić information content (AvgIpc) is 3.50. The van der Waals surface area contributed by atoms with Crippen LogP contribution in [0.25, 0.3) is 10.8 Å². The van der Waals surface area contributed by atoms with Gasteiger partial charge in [0.05, 0.1) is 11.8 Å². The minimum atomic E-state index is -0.351. The lowest BCUT2D eigenvalue weighted by atomic mass is 10.00. The Balaban J connectivity index is 1.40. The highest BCUT2D eigenvalue weighted by Gasteiger charge is 2.29. The summed E-state index contributed by atoms with van der Waals surface area (Å²) in [6.07, 6.45) is 2.86. The van der Waals surface area contributed by atoms with Crippen LogP contribution < -0.4 is 11.1 Å². The molecule has 4 rings (SSSR count). The first-order chi connectivity index (χ1) is 14.5. The van der Waals surface area contributed by atoms with Crippen LogP contribution in [0.15, 0.2) is 47.6 Å². The number of carbonyl (C=O) groups is 2. The molecule has 1 atom stereocenters. The van der Waals surface area contributed by atoms with Gasteiger partial charge >= 0.3 is 0 Å². The standard InChI is InChI=1S/C22H25N5O2S/c1-14(17-8-4-6-15-5-2-3-7-18(15)17)24-21(29)13-30-22-26-25-20(12-11-19(23)28)27(22)16-9-10-16/h2-8,14,16H,9-13H2,1H3,(H2,23,28)(H,24,29). The predicted molar refractivity (Wildman–Crippen MR) is 117 cm³/mol. The number of hydrogen-bond acceptors (Lipinski definition) is 5. The number of rotatable bonds is 9. The van der Waals surface area contributed by atoms with Gasteiger partial charge in [-0.15, -0.1) is 10.2 Å². The number of benzene rings is 2. The van der Waals surface area contributed by atoms with E-state index in [1.165, 1.54) is 11.8 Å². The first-order valence-corrected chi connectivity index (χ1v) is 11.1. The van der Waals surface area contributed by atoms with Crippen LogP contribution in [0.3, 0.4) is 0 Å². The number of fused-ring (bicyclic) bond motifs is 1. The van der Waals surface area contributed by atoms with E-state index in [9.17, 15) is 9.59 Å². The van der Waals surface area contributed by atoms with Crippen molar-refractivity contribution < 1.29 is 9.59 Å². The van der Waals surface area contributed by atoms with Gasteiger partial charge in [-0.2, -0.15) is 0 Å². The van der Waals surface area contributed by atoms with Gasteiger partial charge in [-0.3, -0.25) is 9.59 Å². The number of primary amides is 1. The Hall–Kier alpha value is -2.87. The molecule has 1 saturated carbocycles. The van der Waals surface area contributed by atoms with Crippen molar-refractivity contribution in [1.29, 1.82) is 0 Å². The van der Waals surface area contributed by atoms with Crippen molar-refractivity contribution in [2.75, 3.05) is 5.75 Å². The molecule has 0 spiro atoms. The molecule has 2 aromatic carbocycles. The normalized spacial score (nSPS) is 14.6. The molecule has 1 unspecified atom stereocenters. The summed E-state index contributed by atoms with van der Waals surface area (Å²) in [5.41, 5.74) is 6.36. The Morgan fingerprint density at radius 1 is 1.20 bits per heavy atom. The number of thioether (sulfide) groups is 1. The number of aromatic nitrogens is 3. The molecule has 0 aliphatic heterocycles. The SMILES string of the molecule is CC(NC(=O)CSc1nnc(CCC(N)=O)n1C1CC1)c1cccc2ccccc12. The summed E-state index contributed by atoms with van der Waals surface area (Å²) < 4.78 is 2.06. The van der Waals surface area contributed by atoms with Crippen molar-refractivity contribution in [1.82, 2.24) is 20.1 Å². The van der Waals surface area contributed by atoms with Crippen LogP contribution in [0, 0.1) is 0 Å². The Kier molecular flexibility index (Phi) is 6.03. The van der Waals surface area contributed by atoms with Crippen LogP contribution in [0.4, 0.5) is 0 Å². The van der Waals surface area contributed by atoms with Crippen LogP contribution >= 0.6 is 11.8 Å². The van der Waals surface area contributed by atoms with Gasteiger partial charge in [-0.1, -0.05) is 54.2 Å². The molecule has 1 aliphatic carbocycles. The lowest BCUT2D eigenvalue weighted by molar-refractivity contribution is -0.119. The van der Waals surface area contributed by atoms with E-state index in [-0.39, 0.29) is 30.0 Å². The van der Waals surface area contributed by atoms with E-state index in [0.717, 1.165) is 40.2 Å². The molecule has 0 bridgehead atoms. The lowest BCUT2D eigenvalue weighted by Crippen LogP contribution is -2.28. The molecule has 1 aliphatic rings. The third-order valence-corrected chi connectivity index (χ3v) is 6.18. The fourth-order valence-electron chi connectivity index (χ4n) is 3.63. The molecule has 1 heterocycles. The number of nitrogens with one attached hydrogen (secondary N) is 1. The quantitative estimate of drug-likeness (QED) is 0.515. The minimum absolute atomic E-state index is 0.0514. The van der Waals surface area contributed by atoms with Crippen molar-refractivity contribution >= 4 is 34.3 Å². The van der Waals surface area contributed by atoms with Crippen LogP contribution in [0.1, 0.15) is 49.7 Å². The Morgan fingerprint density at radius 3 is 2.73 bits per heavy atom. The minimum Gasteiger partial charge on any atom is -0.370 e. The zero-order chi connectivity index (χ0) is 21.1. The number of nitrogens with two attached hydrogens (primary N) is 1. The summed E-state index contributed by atoms with van der Waals surface area (Å²) in [4.78, 5) is 23.7. The van der Waals surface area contributed by atoms with Crippen molar-refractivity contribution in [2.24, 2.45) is 5.73 Å².